The number of carbonyl (C=O) groups excluding carboxylic acids is 2. The lowest BCUT2D eigenvalue weighted by atomic mass is 10.1. The van der Waals surface area contributed by atoms with Crippen LogP contribution in [0.5, 0.6) is 0 Å². The maximum absolute atomic E-state index is 12.6. The zero-order valence-corrected chi connectivity index (χ0v) is 36.6. The van der Waals surface area contributed by atoms with Crippen molar-refractivity contribution in [3.63, 3.8) is 0 Å². The molecular weight excluding hydrogens is 701 g/mol. The molecule has 0 radical (unpaired) electrons. The molecule has 0 fully saturated rings. The molecule has 0 aromatic carbocycles. The van der Waals surface area contributed by atoms with E-state index in [-0.39, 0.29) is 26.1 Å². The van der Waals surface area contributed by atoms with E-state index in [1.807, 2.05) is 27.2 Å². The summed E-state index contributed by atoms with van der Waals surface area (Å²) in [4.78, 5) is 37.5. The van der Waals surface area contributed by atoms with Gasteiger partial charge in [0, 0.05) is 12.8 Å². The number of carbonyl (C=O) groups is 2. The predicted molar refractivity (Wildman–Crippen MR) is 222 cm³/mol. The molecule has 0 spiro atoms. The van der Waals surface area contributed by atoms with Gasteiger partial charge in [-0.25, -0.2) is 0 Å². The van der Waals surface area contributed by atoms with E-state index in [0.29, 0.717) is 17.4 Å². The third-order valence-corrected chi connectivity index (χ3v) is 10.4. The minimum absolute atomic E-state index is 0.0365. The average Bonchev–Trinajstić information content (AvgIpc) is 3.12. The number of hydrogen-bond donors (Lipinski definition) is 0. The van der Waals surface area contributed by atoms with Crippen molar-refractivity contribution < 1.29 is 42.1 Å². The number of quaternary nitrogens is 1. The molecule has 9 nitrogen and oxygen atoms in total. The van der Waals surface area contributed by atoms with Crippen LogP contribution in [0.3, 0.4) is 0 Å². The van der Waals surface area contributed by atoms with Gasteiger partial charge in [0.25, 0.3) is 7.82 Å². The molecule has 10 heteroatoms. The van der Waals surface area contributed by atoms with E-state index in [4.69, 9.17) is 18.5 Å². The van der Waals surface area contributed by atoms with E-state index < -0.39 is 32.5 Å². The summed E-state index contributed by atoms with van der Waals surface area (Å²) in [6, 6.07) is 0. The Kier molecular flexibility index (Phi) is 36.1. The Balaban J connectivity index is 4.40. The molecular formula is C44H84NO8P. The van der Waals surface area contributed by atoms with Gasteiger partial charge in [-0.15, -0.1) is 0 Å². The Bertz CT molecular complexity index is 980. The van der Waals surface area contributed by atoms with Crippen LogP contribution in [0, 0.1) is 0 Å². The normalized spacial score (nSPS) is 13.8. The Morgan fingerprint density at radius 2 is 0.981 bits per heavy atom. The van der Waals surface area contributed by atoms with Crippen LogP contribution >= 0.6 is 7.82 Å². The molecule has 318 valence electrons. The average molecular weight is 786 g/mol. The fourth-order valence-corrected chi connectivity index (χ4v) is 6.69. The Hall–Kier alpha value is -1.51. The molecule has 0 aliphatic rings. The van der Waals surface area contributed by atoms with Gasteiger partial charge in [0.05, 0.1) is 27.7 Å². The van der Waals surface area contributed by atoms with Crippen LogP contribution in [0.2, 0.25) is 0 Å². The second-order valence-electron chi connectivity index (χ2n) is 16.1. The maximum atomic E-state index is 12.6. The molecule has 0 aliphatic carbocycles. The molecule has 2 atom stereocenters. The van der Waals surface area contributed by atoms with E-state index >= 15 is 0 Å². The largest absolute Gasteiger partial charge is 0.756 e. The van der Waals surface area contributed by atoms with Gasteiger partial charge in [0.2, 0.25) is 0 Å². The number of allylic oxidation sites excluding steroid dienone is 4. The topological polar surface area (TPSA) is 111 Å². The summed E-state index contributed by atoms with van der Waals surface area (Å²) in [6.07, 6.45) is 39.3. The summed E-state index contributed by atoms with van der Waals surface area (Å²) in [7, 11) is 1.15. The van der Waals surface area contributed by atoms with Crippen molar-refractivity contribution >= 4 is 19.8 Å². The summed E-state index contributed by atoms with van der Waals surface area (Å²) in [5.74, 6) is -0.897. The lowest BCUT2D eigenvalue weighted by Crippen LogP contribution is -2.37. The first-order valence-corrected chi connectivity index (χ1v) is 23.5. The number of nitrogens with zero attached hydrogens (tertiary/aromatic N) is 1. The SMILES string of the molecule is CCCCCCCC/C=C/CCCCCCCC(=O)OC[C@H](COP(=O)([O-])OCC[N+](C)(C)C)OC(=O)CC/C=C/CCCCCCCCCCCCC. The zero-order chi connectivity index (χ0) is 40.0. The van der Waals surface area contributed by atoms with Crippen molar-refractivity contribution in [2.75, 3.05) is 47.5 Å². The van der Waals surface area contributed by atoms with Gasteiger partial charge in [-0.2, -0.15) is 0 Å². The minimum Gasteiger partial charge on any atom is -0.756 e. The third-order valence-electron chi connectivity index (χ3n) is 9.46. The van der Waals surface area contributed by atoms with E-state index in [2.05, 4.69) is 32.1 Å². The first-order chi connectivity index (χ1) is 26.0. The molecule has 0 aliphatic heterocycles. The van der Waals surface area contributed by atoms with Gasteiger partial charge in [0.1, 0.15) is 19.8 Å². The van der Waals surface area contributed by atoms with Gasteiger partial charge in [0.15, 0.2) is 6.10 Å². The lowest BCUT2D eigenvalue weighted by Gasteiger charge is -2.28. The van der Waals surface area contributed by atoms with Crippen molar-refractivity contribution in [3.8, 4) is 0 Å². The number of phosphoric acid groups is 1. The number of esters is 2. The molecule has 1 unspecified atom stereocenters. The van der Waals surface area contributed by atoms with Gasteiger partial charge >= 0.3 is 11.9 Å². The molecule has 0 heterocycles. The van der Waals surface area contributed by atoms with E-state index in [9.17, 15) is 19.0 Å². The highest BCUT2D eigenvalue weighted by Gasteiger charge is 2.21. The van der Waals surface area contributed by atoms with Gasteiger partial charge in [-0.05, 0) is 51.4 Å². The summed E-state index contributed by atoms with van der Waals surface area (Å²) in [5, 5.41) is 0. The Morgan fingerprint density at radius 3 is 1.44 bits per heavy atom. The monoisotopic (exact) mass is 786 g/mol. The molecule has 0 aromatic rings. The highest BCUT2D eigenvalue weighted by atomic mass is 31.2. The molecule has 0 aromatic heterocycles. The van der Waals surface area contributed by atoms with Crippen LogP contribution in [0.1, 0.15) is 194 Å². The van der Waals surface area contributed by atoms with Crippen LogP contribution in [0.4, 0.5) is 0 Å². The molecule has 0 rings (SSSR count). The van der Waals surface area contributed by atoms with Crippen LogP contribution < -0.4 is 4.89 Å². The summed E-state index contributed by atoms with van der Waals surface area (Å²) >= 11 is 0. The van der Waals surface area contributed by atoms with E-state index in [0.717, 1.165) is 51.4 Å². The Labute approximate surface area is 332 Å². The zero-order valence-electron chi connectivity index (χ0n) is 35.7. The first-order valence-electron chi connectivity index (χ1n) is 22.0. The number of unbranched alkanes of at least 4 members (excludes halogenated alkanes) is 22. The maximum Gasteiger partial charge on any atom is 0.306 e. The molecule has 0 saturated heterocycles. The summed E-state index contributed by atoms with van der Waals surface area (Å²) in [6.45, 7) is 4.18. The quantitative estimate of drug-likeness (QED) is 0.0198. The molecule has 0 amide bonds. The van der Waals surface area contributed by atoms with Crippen molar-refractivity contribution in [1.82, 2.24) is 0 Å². The summed E-state index contributed by atoms with van der Waals surface area (Å²) < 4.78 is 33.8. The smallest absolute Gasteiger partial charge is 0.306 e. The van der Waals surface area contributed by atoms with Crippen molar-refractivity contribution in [3.05, 3.63) is 24.3 Å². The number of rotatable bonds is 40. The van der Waals surface area contributed by atoms with Crippen molar-refractivity contribution in [2.24, 2.45) is 0 Å². The minimum atomic E-state index is -4.63. The predicted octanol–water partition coefficient (Wildman–Crippen LogP) is 11.7. The number of phosphoric ester groups is 1. The molecule has 0 saturated carbocycles. The van der Waals surface area contributed by atoms with Crippen LogP contribution in [0.25, 0.3) is 0 Å². The second-order valence-corrected chi connectivity index (χ2v) is 17.5. The molecule has 0 bridgehead atoms. The Morgan fingerprint density at radius 1 is 0.556 bits per heavy atom. The van der Waals surface area contributed by atoms with E-state index in [1.165, 1.54) is 109 Å². The first kappa shape index (κ1) is 52.5. The molecule has 54 heavy (non-hydrogen) atoms. The summed E-state index contributed by atoms with van der Waals surface area (Å²) in [5.41, 5.74) is 0. The van der Waals surface area contributed by atoms with Crippen molar-refractivity contribution in [2.45, 2.75) is 200 Å². The van der Waals surface area contributed by atoms with Gasteiger partial charge in [-0.3, -0.25) is 14.2 Å². The highest BCUT2D eigenvalue weighted by Crippen LogP contribution is 2.38. The number of ether oxygens (including phenoxy) is 2. The van der Waals surface area contributed by atoms with Crippen LogP contribution in [0.15, 0.2) is 24.3 Å². The second kappa shape index (κ2) is 37.1. The van der Waals surface area contributed by atoms with E-state index in [1.54, 1.807) is 0 Å². The van der Waals surface area contributed by atoms with Crippen molar-refractivity contribution in [1.29, 1.82) is 0 Å². The van der Waals surface area contributed by atoms with Crippen LogP contribution in [-0.2, 0) is 32.7 Å². The fourth-order valence-electron chi connectivity index (χ4n) is 5.96. The highest BCUT2D eigenvalue weighted by molar-refractivity contribution is 7.45. The number of hydrogen-bond acceptors (Lipinski definition) is 8. The fraction of sp³-hybridized carbons (Fsp3) is 0.864. The number of likely N-dealkylation sites (N-methyl/N-ethyl adjacent to an activating group) is 1. The molecule has 0 N–H and O–H groups in total. The third kappa shape index (κ3) is 40.2. The van der Waals surface area contributed by atoms with Crippen LogP contribution in [-0.4, -0.2) is 70.0 Å². The standard InChI is InChI=1S/C44H84NO8P/c1-6-8-10-12-14-16-18-20-22-24-26-28-30-32-34-36-43(46)50-40-42(41-52-54(48,49)51-39-38-45(3,4)5)53-44(47)37-35-33-31-29-27-25-23-21-19-17-15-13-11-9-7-2/h20,22,31,33,42H,6-19,21,23-30,32,34-41H2,1-5H3/b22-20+,33-31+/t42-/m1/s1. The van der Waals surface area contributed by atoms with Gasteiger partial charge in [-0.1, -0.05) is 154 Å². The lowest BCUT2D eigenvalue weighted by molar-refractivity contribution is -0.870. The van der Waals surface area contributed by atoms with Gasteiger partial charge < -0.3 is 27.9 Å².